The molecule has 0 aliphatic rings. The molecule has 0 atom stereocenters. The van der Waals surface area contributed by atoms with Gasteiger partial charge in [-0.2, -0.15) is 5.10 Å². The molecule has 0 fully saturated rings. The highest BCUT2D eigenvalue weighted by molar-refractivity contribution is 5.02. The third kappa shape index (κ3) is 6.71. The lowest BCUT2D eigenvalue weighted by molar-refractivity contribution is 0.291. The second kappa shape index (κ2) is 9.07. The summed E-state index contributed by atoms with van der Waals surface area (Å²) in [6.07, 6.45) is 4.01. The molecule has 5 nitrogen and oxygen atoms in total. The minimum absolute atomic E-state index is 0.964. The van der Waals surface area contributed by atoms with Crippen molar-refractivity contribution in [3.63, 3.8) is 0 Å². The molecule has 1 aromatic rings. The molecule has 0 bridgehead atoms. The Balaban J connectivity index is 2.05. The number of likely N-dealkylation sites (N-methyl/N-ethyl adjacent to an activating group) is 2. The zero-order valence-electron chi connectivity index (χ0n) is 12.9. The molecular weight excluding hydrogens is 238 g/mol. The van der Waals surface area contributed by atoms with Crippen LogP contribution in [0.1, 0.15) is 19.4 Å². The van der Waals surface area contributed by atoms with E-state index in [-0.39, 0.29) is 0 Å². The maximum Gasteiger partial charge on any atom is 0.0534 e. The van der Waals surface area contributed by atoms with E-state index in [4.69, 9.17) is 0 Å². The molecule has 0 aliphatic carbocycles. The van der Waals surface area contributed by atoms with Gasteiger partial charge < -0.3 is 15.1 Å². The first-order chi connectivity index (χ1) is 9.15. The Bertz CT molecular complexity index is 332. The molecule has 110 valence electrons. The lowest BCUT2D eigenvalue weighted by Crippen LogP contribution is -2.35. The van der Waals surface area contributed by atoms with Crippen LogP contribution in [0.25, 0.3) is 0 Å². The zero-order valence-corrected chi connectivity index (χ0v) is 12.9. The molecule has 0 amide bonds. The number of rotatable bonds is 10. The molecule has 0 aromatic carbocycles. The molecule has 5 heteroatoms. The second-order valence-electron chi connectivity index (χ2n) is 5.04. The van der Waals surface area contributed by atoms with Crippen molar-refractivity contribution in [2.75, 3.05) is 46.3 Å². The number of aromatic nitrogens is 2. The first kappa shape index (κ1) is 16.1. The van der Waals surface area contributed by atoms with Gasteiger partial charge in [0.05, 0.1) is 6.20 Å². The van der Waals surface area contributed by atoms with Crippen LogP contribution in [0.4, 0.5) is 0 Å². The van der Waals surface area contributed by atoms with Crippen LogP contribution in [-0.4, -0.2) is 65.9 Å². The summed E-state index contributed by atoms with van der Waals surface area (Å²) in [5.41, 5.74) is 1.27. The van der Waals surface area contributed by atoms with Crippen LogP contribution in [0.2, 0.25) is 0 Å². The first-order valence-corrected chi connectivity index (χ1v) is 7.24. The lowest BCUT2D eigenvalue weighted by atomic mass is 10.3. The molecule has 0 saturated carbocycles. The summed E-state index contributed by atoms with van der Waals surface area (Å²) in [6, 6.07) is 0. The largest absolute Gasteiger partial charge is 0.314 e. The molecule has 0 aliphatic heterocycles. The van der Waals surface area contributed by atoms with Crippen molar-refractivity contribution in [2.24, 2.45) is 7.05 Å². The van der Waals surface area contributed by atoms with Gasteiger partial charge in [-0.25, -0.2) is 0 Å². The van der Waals surface area contributed by atoms with Crippen molar-refractivity contribution in [1.29, 1.82) is 0 Å². The third-order valence-electron chi connectivity index (χ3n) is 3.38. The highest BCUT2D eigenvalue weighted by Gasteiger charge is 2.02. The van der Waals surface area contributed by atoms with E-state index in [1.54, 1.807) is 0 Å². The molecule has 1 heterocycles. The van der Waals surface area contributed by atoms with Gasteiger partial charge in [-0.1, -0.05) is 13.8 Å². The number of nitrogens with one attached hydrogen (secondary N) is 1. The summed E-state index contributed by atoms with van der Waals surface area (Å²) in [7, 11) is 4.11. The average molecular weight is 267 g/mol. The van der Waals surface area contributed by atoms with Gasteiger partial charge in [-0.3, -0.25) is 4.68 Å². The van der Waals surface area contributed by atoms with Gasteiger partial charge in [-0.05, 0) is 20.1 Å². The van der Waals surface area contributed by atoms with Gasteiger partial charge in [0.1, 0.15) is 0 Å². The SMILES string of the molecule is CCN(CC)CCNCCN(C)Cc1cnn(C)c1. The third-order valence-corrected chi connectivity index (χ3v) is 3.38. The van der Waals surface area contributed by atoms with Gasteiger partial charge >= 0.3 is 0 Å². The molecule has 1 aromatic heterocycles. The van der Waals surface area contributed by atoms with Crippen molar-refractivity contribution in [1.82, 2.24) is 24.9 Å². The molecule has 0 unspecified atom stereocenters. The van der Waals surface area contributed by atoms with Crippen LogP contribution in [0.3, 0.4) is 0 Å². The van der Waals surface area contributed by atoms with Crippen LogP contribution < -0.4 is 5.32 Å². The van der Waals surface area contributed by atoms with E-state index in [1.807, 2.05) is 17.9 Å². The minimum atomic E-state index is 0.964. The van der Waals surface area contributed by atoms with E-state index < -0.39 is 0 Å². The van der Waals surface area contributed by atoms with Crippen molar-refractivity contribution >= 4 is 0 Å². The number of nitrogens with zero attached hydrogens (tertiary/aromatic N) is 4. The summed E-state index contributed by atoms with van der Waals surface area (Å²) < 4.78 is 1.85. The fourth-order valence-corrected chi connectivity index (χ4v) is 2.12. The Morgan fingerprint density at radius 3 is 2.47 bits per heavy atom. The zero-order chi connectivity index (χ0) is 14.1. The monoisotopic (exact) mass is 267 g/mol. The molecule has 1 rings (SSSR count). The Morgan fingerprint density at radius 1 is 1.21 bits per heavy atom. The maximum absolute atomic E-state index is 4.19. The Hall–Kier alpha value is -0.910. The fraction of sp³-hybridized carbons (Fsp3) is 0.786. The number of hydrogen-bond acceptors (Lipinski definition) is 4. The molecule has 0 radical (unpaired) electrons. The summed E-state index contributed by atoms with van der Waals surface area (Å²) >= 11 is 0. The van der Waals surface area contributed by atoms with E-state index in [0.29, 0.717) is 0 Å². The van der Waals surface area contributed by atoms with Gasteiger partial charge in [0.25, 0.3) is 0 Å². The number of aryl methyl sites for hydroxylation is 1. The summed E-state index contributed by atoms with van der Waals surface area (Å²) in [5, 5.41) is 7.69. The normalized spacial score (nSPS) is 11.7. The van der Waals surface area contributed by atoms with Gasteiger partial charge in [0, 0.05) is 51.5 Å². The summed E-state index contributed by atoms with van der Waals surface area (Å²) in [4.78, 5) is 4.76. The van der Waals surface area contributed by atoms with Gasteiger partial charge in [-0.15, -0.1) is 0 Å². The topological polar surface area (TPSA) is 36.3 Å². The molecular formula is C14H29N5. The summed E-state index contributed by atoms with van der Waals surface area (Å²) in [5.74, 6) is 0. The number of hydrogen-bond donors (Lipinski definition) is 1. The van der Waals surface area contributed by atoms with Crippen molar-refractivity contribution in [3.05, 3.63) is 18.0 Å². The van der Waals surface area contributed by atoms with Crippen molar-refractivity contribution in [3.8, 4) is 0 Å². The Kier molecular flexibility index (Phi) is 7.70. The van der Waals surface area contributed by atoms with E-state index in [0.717, 1.165) is 45.8 Å². The van der Waals surface area contributed by atoms with E-state index in [9.17, 15) is 0 Å². The minimum Gasteiger partial charge on any atom is -0.314 e. The second-order valence-corrected chi connectivity index (χ2v) is 5.04. The van der Waals surface area contributed by atoms with Crippen molar-refractivity contribution in [2.45, 2.75) is 20.4 Å². The van der Waals surface area contributed by atoms with Crippen LogP contribution >= 0.6 is 0 Å². The predicted octanol–water partition coefficient (Wildman–Crippen LogP) is 0.783. The molecule has 0 spiro atoms. The fourth-order valence-electron chi connectivity index (χ4n) is 2.12. The van der Waals surface area contributed by atoms with Crippen LogP contribution in [0.15, 0.2) is 12.4 Å². The van der Waals surface area contributed by atoms with Crippen LogP contribution in [0, 0.1) is 0 Å². The van der Waals surface area contributed by atoms with Gasteiger partial charge in [0.2, 0.25) is 0 Å². The van der Waals surface area contributed by atoms with Crippen LogP contribution in [-0.2, 0) is 13.6 Å². The smallest absolute Gasteiger partial charge is 0.0534 e. The standard InChI is InChI=1S/C14H29N5/c1-5-19(6-2)10-8-15-7-9-17(3)12-14-11-16-18(4)13-14/h11,13,15H,5-10,12H2,1-4H3. The lowest BCUT2D eigenvalue weighted by Gasteiger charge is -2.19. The predicted molar refractivity (Wildman–Crippen MR) is 80.2 cm³/mol. The molecule has 19 heavy (non-hydrogen) atoms. The molecule has 0 saturated heterocycles. The highest BCUT2D eigenvalue weighted by atomic mass is 15.2. The van der Waals surface area contributed by atoms with Crippen molar-refractivity contribution < 1.29 is 0 Å². The Labute approximate surface area is 117 Å². The van der Waals surface area contributed by atoms with Gasteiger partial charge in [0.15, 0.2) is 0 Å². The van der Waals surface area contributed by atoms with E-state index in [1.165, 1.54) is 5.56 Å². The average Bonchev–Trinajstić information content (AvgIpc) is 2.79. The van der Waals surface area contributed by atoms with E-state index >= 15 is 0 Å². The highest BCUT2D eigenvalue weighted by Crippen LogP contribution is 2.00. The first-order valence-electron chi connectivity index (χ1n) is 7.24. The molecule has 1 N–H and O–H groups in total. The summed E-state index contributed by atoms with van der Waals surface area (Å²) in [6.45, 7) is 12.0. The quantitative estimate of drug-likeness (QED) is 0.636. The Morgan fingerprint density at radius 2 is 1.89 bits per heavy atom. The maximum atomic E-state index is 4.19. The van der Waals surface area contributed by atoms with E-state index in [2.05, 4.69) is 47.3 Å². The van der Waals surface area contributed by atoms with Crippen LogP contribution in [0.5, 0.6) is 0 Å².